The Morgan fingerprint density at radius 1 is 0.314 bits per heavy atom. The standard InChI is InChI=1S/C65H106N6O31/c1-29(73)85-42-35(68-56(81)99-62(13,14)15)25-36(69-57(82)100-63(16,17)18)43(94-51-40(70-58(83)101-64(19,20)21)47(88-32(4)76)44(86-30(2)74)37(91-51)26-66-54(79)97-60(7,8)9)49(42)96-53-50(90-34(6)78)46(39(28-72)93-53)95-52-41(71-59(84)102-65(22,23)24)48(89-33(5)77)45(87-31(3)75)38(92-52)27-67-55(80)98-61(10,11)12/h35-53,72H,25-28H2,1-24H3,(H,66,79)(H,67,80)(H,68,81)(H,69,82)(H,70,83)(H,71,84)/t35-,36+,37-,38+,39-,40-,41-,42+,43-,44-,45-,46-,47-,48-,49-,50-,51-,52-,53+/m1/s1. The van der Waals surface area contributed by atoms with E-state index in [2.05, 4.69) is 31.9 Å². The van der Waals surface area contributed by atoms with E-state index in [-0.39, 0.29) is 0 Å². The van der Waals surface area contributed by atoms with Gasteiger partial charge in [0, 0.05) is 41.5 Å². The molecule has 0 unspecified atom stereocenters. The molecule has 19 atom stereocenters. The van der Waals surface area contributed by atoms with E-state index in [0.717, 1.165) is 41.5 Å². The fourth-order valence-electron chi connectivity index (χ4n) is 10.8. The van der Waals surface area contributed by atoms with E-state index in [1.54, 1.807) is 62.3 Å². The van der Waals surface area contributed by atoms with Crippen LogP contribution >= 0.6 is 0 Å². The van der Waals surface area contributed by atoms with Crippen LogP contribution in [0.4, 0.5) is 28.8 Å². The summed E-state index contributed by atoms with van der Waals surface area (Å²) >= 11 is 0. The van der Waals surface area contributed by atoms with Crippen molar-refractivity contribution in [2.75, 3.05) is 19.7 Å². The second-order valence-electron chi connectivity index (χ2n) is 30.4. The van der Waals surface area contributed by atoms with Gasteiger partial charge >= 0.3 is 72.4 Å². The molecular formula is C65H106N6O31. The monoisotopic (exact) mass is 1470 g/mol. The van der Waals surface area contributed by atoms with E-state index in [0.29, 0.717) is 0 Å². The molecule has 6 amide bonds. The van der Waals surface area contributed by atoms with Gasteiger partial charge in [0.15, 0.2) is 55.5 Å². The second-order valence-corrected chi connectivity index (χ2v) is 30.4. The highest BCUT2D eigenvalue weighted by atomic mass is 16.8. The Morgan fingerprint density at radius 2 is 0.578 bits per heavy atom. The predicted molar refractivity (Wildman–Crippen MR) is 347 cm³/mol. The van der Waals surface area contributed by atoms with Crippen molar-refractivity contribution < 1.29 is 148 Å². The second kappa shape index (κ2) is 35.6. The minimum absolute atomic E-state index is 0.540. The van der Waals surface area contributed by atoms with Crippen LogP contribution in [-0.2, 0) is 114 Å². The average Bonchev–Trinajstić information content (AvgIpc) is 1.23. The molecule has 37 nitrogen and oxygen atoms in total. The van der Waals surface area contributed by atoms with E-state index in [9.17, 15) is 62.6 Å². The van der Waals surface area contributed by atoms with Crippen molar-refractivity contribution in [1.29, 1.82) is 0 Å². The number of alkyl carbamates (subject to hydrolysis) is 6. The minimum Gasteiger partial charge on any atom is -0.457 e. The molecule has 0 bridgehead atoms. The van der Waals surface area contributed by atoms with E-state index >= 15 is 0 Å². The van der Waals surface area contributed by atoms with Crippen molar-refractivity contribution in [2.24, 2.45) is 0 Å². The SMILES string of the molecule is CC(=O)O[C@@H]1[C@@H](NC(=O)OC(C)(C)C)[C@@H](O[C@H]2[C@@H](OC(C)=O)[C@H](O[C@@H]3[C@@H](OC(C)=O)[C@H](NC(=O)OC(C)(C)C)C[C@H](NC(=O)OC(C)(C)C)[C@H]3O[C@H]3O[C@H](CNC(=O)OC(C)(C)C)[C@@H](OC(C)=O)[C@H](OC(C)=O)[C@H]3NC(=O)OC(C)(C)C)O[C@@H]2CO)O[C@@H](CNC(=O)OC(C)(C)C)[C@H]1OC(C)=O. The number of amides is 6. The van der Waals surface area contributed by atoms with Crippen LogP contribution in [0.3, 0.4) is 0 Å². The number of nitrogens with one attached hydrogen (secondary N) is 6. The van der Waals surface area contributed by atoms with Gasteiger partial charge in [-0.2, -0.15) is 0 Å². The van der Waals surface area contributed by atoms with Gasteiger partial charge < -0.3 is 122 Å². The van der Waals surface area contributed by atoms with Crippen LogP contribution in [0.2, 0.25) is 0 Å². The molecule has 582 valence electrons. The third-order valence-electron chi connectivity index (χ3n) is 13.8. The van der Waals surface area contributed by atoms with Crippen molar-refractivity contribution in [1.82, 2.24) is 31.9 Å². The third kappa shape index (κ3) is 29.1. The van der Waals surface area contributed by atoms with Crippen LogP contribution in [0.15, 0.2) is 0 Å². The van der Waals surface area contributed by atoms with Gasteiger partial charge in [0.25, 0.3) is 0 Å². The van der Waals surface area contributed by atoms with Gasteiger partial charge in [-0.25, -0.2) is 28.8 Å². The van der Waals surface area contributed by atoms with Gasteiger partial charge in [-0.15, -0.1) is 0 Å². The first-order chi connectivity index (χ1) is 46.6. The minimum atomic E-state index is -2.15. The summed E-state index contributed by atoms with van der Waals surface area (Å²) in [6.45, 7) is 31.5. The molecule has 3 heterocycles. The predicted octanol–water partition coefficient (Wildman–Crippen LogP) is 3.93. The zero-order valence-corrected chi connectivity index (χ0v) is 62.5. The Kier molecular flexibility index (Phi) is 30.2. The van der Waals surface area contributed by atoms with Crippen LogP contribution in [0.1, 0.15) is 173 Å². The van der Waals surface area contributed by atoms with Crippen molar-refractivity contribution in [2.45, 2.75) is 322 Å². The van der Waals surface area contributed by atoms with Gasteiger partial charge in [0.1, 0.15) is 82.3 Å². The number of carbonyl (C=O) groups excluding carboxylic acids is 12. The molecule has 37 heteroatoms. The lowest BCUT2D eigenvalue weighted by Gasteiger charge is -2.50. The zero-order chi connectivity index (χ0) is 77.7. The lowest BCUT2D eigenvalue weighted by molar-refractivity contribution is -0.313. The van der Waals surface area contributed by atoms with Crippen LogP contribution in [0.25, 0.3) is 0 Å². The number of hydrogen-bond acceptors (Lipinski definition) is 31. The first-order valence-electron chi connectivity index (χ1n) is 33.1. The molecule has 0 aromatic heterocycles. The Labute approximate surface area is 592 Å². The number of aliphatic hydroxyl groups is 1. The van der Waals surface area contributed by atoms with Crippen molar-refractivity contribution in [3.05, 3.63) is 0 Å². The molecule has 0 spiro atoms. The van der Waals surface area contributed by atoms with Crippen LogP contribution in [0, 0.1) is 0 Å². The first-order valence-corrected chi connectivity index (χ1v) is 33.1. The van der Waals surface area contributed by atoms with E-state index in [1.165, 1.54) is 62.3 Å². The van der Waals surface area contributed by atoms with Crippen molar-refractivity contribution in [3.8, 4) is 0 Å². The van der Waals surface area contributed by atoms with Gasteiger partial charge in [-0.05, 0) is 131 Å². The fourth-order valence-corrected chi connectivity index (χ4v) is 10.8. The highest BCUT2D eigenvalue weighted by Gasteiger charge is 2.61. The van der Waals surface area contributed by atoms with Gasteiger partial charge in [-0.3, -0.25) is 28.8 Å². The molecule has 4 aliphatic rings. The summed E-state index contributed by atoms with van der Waals surface area (Å²) in [7, 11) is 0. The number of ether oxygens (including phenoxy) is 18. The number of aliphatic hydroxyl groups excluding tert-OH is 1. The molecular weight excluding hydrogens is 1360 g/mol. The summed E-state index contributed by atoms with van der Waals surface area (Å²) in [6, 6.07) is -6.89. The van der Waals surface area contributed by atoms with Gasteiger partial charge in [0.05, 0.1) is 31.8 Å². The lowest BCUT2D eigenvalue weighted by atomic mass is 9.83. The lowest BCUT2D eigenvalue weighted by Crippen LogP contribution is -2.71. The summed E-state index contributed by atoms with van der Waals surface area (Å²) in [5, 5.41) is 26.9. The molecule has 102 heavy (non-hydrogen) atoms. The fraction of sp³-hybridized carbons (Fsp3) is 0.815. The van der Waals surface area contributed by atoms with Crippen LogP contribution < -0.4 is 31.9 Å². The highest BCUT2D eigenvalue weighted by Crippen LogP contribution is 2.40. The number of rotatable bonds is 21. The summed E-state index contributed by atoms with van der Waals surface area (Å²) in [4.78, 5) is 163. The van der Waals surface area contributed by atoms with E-state index in [1.807, 2.05) is 0 Å². The largest absolute Gasteiger partial charge is 0.457 e. The first kappa shape index (κ1) is 86.6. The Bertz CT molecular complexity index is 2950. The molecule has 4 fully saturated rings. The summed E-state index contributed by atoms with van der Waals surface area (Å²) in [5.41, 5.74) is -6.95. The molecule has 4 rings (SSSR count). The number of hydrogen-bond donors (Lipinski definition) is 7. The molecule has 0 aromatic rings. The molecule has 7 N–H and O–H groups in total. The van der Waals surface area contributed by atoms with E-state index in [4.69, 9.17) is 85.3 Å². The molecule has 1 aliphatic carbocycles. The Morgan fingerprint density at radius 3 is 0.902 bits per heavy atom. The Balaban J connectivity index is 2.14. The van der Waals surface area contributed by atoms with Gasteiger partial charge in [0.2, 0.25) is 0 Å². The molecule has 0 radical (unpaired) electrons. The number of esters is 6. The van der Waals surface area contributed by atoms with Crippen molar-refractivity contribution >= 4 is 72.4 Å². The average molecular weight is 1470 g/mol. The summed E-state index contributed by atoms with van der Waals surface area (Å²) in [6.07, 6.45) is -35.5. The van der Waals surface area contributed by atoms with Crippen LogP contribution in [0.5, 0.6) is 0 Å². The van der Waals surface area contributed by atoms with E-state index < -0.39 is 248 Å². The van der Waals surface area contributed by atoms with Crippen LogP contribution in [-0.4, -0.2) is 247 Å². The topological polar surface area (TPSA) is 463 Å². The highest BCUT2D eigenvalue weighted by molar-refractivity contribution is 5.73. The third-order valence-corrected chi connectivity index (χ3v) is 13.8. The maximum absolute atomic E-state index is 14.4. The zero-order valence-electron chi connectivity index (χ0n) is 62.5. The normalized spacial score (nSPS) is 29.1. The van der Waals surface area contributed by atoms with Gasteiger partial charge in [-0.1, -0.05) is 0 Å². The van der Waals surface area contributed by atoms with Crippen molar-refractivity contribution in [3.63, 3.8) is 0 Å². The Hall–Kier alpha value is -7.84. The smallest absolute Gasteiger partial charge is 0.408 e. The summed E-state index contributed by atoms with van der Waals surface area (Å²) < 4.78 is 109. The maximum atomic E-state index is 14.4. The molecule has 1 saturated carbocycles. The quantitative estimate of drug-likeness (QED) is 0.0632. The molecule has 0 aromatic carbocycles. The number of carbonyl (C=O) groups is 12. The molecule has 3 saturated heterocycles. The molecule has 3 aliphatic heterocycles. The summed E-state index contributed by atoms with van der Waals surface area (Å²) in [5.74, 6) is -6.14. The maximum Gasteiger partial charge on any atom is 0.408 e.